The quantitative estimate of drug-likeness (QED) is 0.886. The number of anilines is 1. The van der Waals surface area contributed by atoms with Crippen molar-refractivity contribution < 1.29 is 0 Å². The summed E-state index contributed by atoms with van der Waals surface area (Å²) in [4.78, 5) is 0. The minimum absolute atomic E-state index is 0.851. The summed E-state index contributed by atoms with van der Waals surface area (Å²) < 4.78 is 1.15. The van der Waals surface area contributed by atoms with Gasteiger partial charge in [0.2, 0.25) is 0 Å². The molecule has 0 radical (unpaired) electrons. The molecule has 0 amide bonds. The average molecular weight is 283 g/mol. The Morgan fingerprint density at radius 1 is 1.38 bits per heavy atom. The minimum atomic E-state index is 0.851. The van der Waals surface area contributed by atoms with Crippen LogP contribution in [0, 0.1) is 5.92 Å². The van der Waals surface area contributed by atoms with Crippen molar-refractivity contribution in [3.63, 3.8) is 0 Å². The van der Waals surface area contributed by atoms with Crippen LogP contribution in [0.25, 0.3) is 0 Å². The van der Waals surface area contributed by atoms with Gasteiger partial charge in [0.1, 0.15) is 0 Å². The van der Waals surface area contributed by atoms with Gasteiger partial charge in [-0.3, -0.25) is 0 Å². The molecule has 1 aromatic carbocycles. The predicted molar refractivity (Wildman–Crippen MR) is 72.8 cm³/mol. The highest BCUT2D eigenvalue weighted by Crippen LogP contribution is 2.22. The van der Waals surface area contributed by atoms with Gasteiger partial charge in [0.15, 0.2) is 0 Å². The Bertz CT molecular complexity index is 321. The number of nitrogens with one attached hydrogen (secondary N) is 2. The molecule has 88 valence electrons. The molecule has 2 rings (SSSR count). The second-order valence-corrected chi connectivity index (χ2v) is 5.26. The second-order valence-electron chi connectivity index (χ2n) is 4.41. The maximum Gasteiger partial charge on any atom is 0.0484 e. The second kappa shape index (κ2) is 6.26. The lowest BCUT2D eigenvalue weighted by molar-refractivity contribution is 0.364. The van der Waals surface area contributed by atoms with E-state index < -0.39 is 0 Å². The van der Waals surface area contributed by atoms with E-state index in [9.17, 15) is 0 Å². The highest BCUT2D eigenvalue weighted by Gasteiger charge is 2.12. The maximum atomic E-state index is 3.55. The molecule has 1 aliphatic heterocycles. The summed E-state index contributed by atoms with van der Waals surface area (Å²) >= 11 is 3.55. The van der Waals surface area contributed by atoms with Gasteiger partial charge in [-0.2, -0.15) is 0 Å². The normalized spacial score (nSPS) is 20.7. The van der Waals surface area contributed by atoms with E-state index in [0.29, 0.717) is 0 Å². The van der Waals surface area contributed by atoms with E-state index >= 15 is 0 Å². The highest BCUT2D eigenvalue weighted by atomic mass is 79.9. The monoisotopic (exact) mass is 282 g/mol. The topological polar surface area (TPSA) is 24.1 Å². The van der Waals surface area contributed by atoms with E-state index in [2.05, 4.69) is 44.8 Å². The van der Waals surface area contributed by atoms with Crippen LogP contribution < -0.4 is 10.6 Å². The Balaban J connectivity index is 1.73. The molecule has 2 N–H and O–H groups in total. The summed E-state index contributed by atoms with van der Waals surface area (Å²) in [6, 6.07) is 8.29. The van der Waals surface area contributed by atoms with Gasteiger partial charge in [0.25, 0.3) is 0 Å². The van der Waals surface area contributed by atoms with E-state index in [1.807, 2.05) is 6.07 Å². The Kier molecular flexibility index (Phi) is 4.67. The first-order chi connectivity index (χ1) is 7.86. The van der Waals surface area contributed by atoms with Gasteiger partial charge in [-0.05, 0) is 66.3 Å². The van der Waals surface area contributed by atoms with Gasteiger partial charge < -0.3 is 10.6 Å². The number of piperidine rings is 1. The Morgan fingerprint density at radius 3 is 3.00 bits per heavy atom. The van der Waals surface area contributed by atoms with Crippen molar-refractivity contribution in [3.05, 3.63) is 28.7 Å². The van der Waals surface area contributed by atoms with Crippen LogP contribution in [0.4, 0.5) is 5.69 Å². The molecule has 0 bridgehead atoms. The van der Waals surface area contributed by atoms with Crippen molar-refractivity contribution in [2.75, 3.05) is 25.0 Å². The zero-order valence-corrected chi connectivity index (χ0v) is 11.1. The molecular weight excluding hydrogens is 264 g/mol. The van der Waals surface area contributed by atoms with Crippen molar-refractivity contribution in [1.29, 1.82) is 0 Å². The average Bonchev–Trinajstić information content (AvgIpc) is 2.33. The van der Waals surface area contributed by atoms with Gasteiger partial charge in [-0.1, -0.05) is 12.1 Å². The van der Waals surface area contributed by atoms with E-state index in [4.69, 9.17) is 0 Å². The zero-order chi connectivity index (χ0) is 11.2. The van der Waals surface area contributed by atoms with Crippen LogP contribution in [-0.2, 0) is 0 Å². The molecule has 0 aliphatic carbocycles. The third kappa shape index (κ3) is 3.49. The van der Waals surface area contributed by atoms with E-state index in [-0.39, 0.29) is 0 Å². The predicted octanol–water partition coefficient (Wildman–Crippen LogP) is 3.25. The van der Waals surface area contributed by atoms with Crippen molar-refractivity contribution in [3.8, 4) is 0 Å². The van der Waals surface area contributed by atoms with Gasteiger partial charge in [-0.25, -0.2) is 0 Å². The first-order valence-electron chi connectivity index (χ1n) is 6.05. The lowest BCUT2D eigenvalue weighted by Crippen LogP contribution is -2.30. The van der Waals surface area contributed by atoms with Crippen LogP contribution in [0.1, 0.15) is 19.3 Å². The largest absolute Gasteiger partial charge is 0.384 e. The molecule has 1 unspecified atom stereocenters. The third-order valence-electron chi connectivity index (χ3n) is 3.14. The fourth-order valence-electron chi connectivity index (χ4n) is 2.19. The molecule has 0 saturated carbocycles. The summed E-state index contributed by atoms with van der Waals surface area (Å²) in [5.74, 6) is 0.851. The van der Waals surface area contributed by atoms with Crippen LogP contribution >= 0.6 is 15.9 Å². The summed E-state index contributed by atoms with van der Waals surface area (Å²) in [5.41, 5.74) is 1.20. The number of para-hydroxylation sites is 1. The molecule has 1 atom stereocenters. The molecule has 1 saturated heterocycles. The van der Waals surface area contributed by atoms with Gasteiger partial charge >= 0.3 is 0 Å². The maximum absolute atomic E-state index is 3.55. The van der Waals surface area contributed by atoms with Crippen LogP contribution in [0.5, 0.6) is 0 Å². The highest BCUT2D eigenvalue weighted by molar-refractivity contribution is 9.10. The first kappa shape index (κ1) is 11.9. The van der Waals surface area contributed by atoms with Crippen molar-refractivity contribution in [1.82, 2.24) is 5.32 Å². The van der Waals surface area contributed by atoms with Gasteiger partial charge in [-0.15, -0.1) is 0 Å². The Labute approximate surface area is 106 Å². The molecule has 0 aromatic heterocycles. The van der Waals surface area contributed by atoms with Crippen molar-refractivity contribution >= 4 is 21.6 Å². The summed E-state index contributed by atoms with van der Waals surface area (Å²) in [7, 11) is 0. The Morgan fingerprint density at radius 2 is 2.25 bits per heavy atom. The SMILES string of the molecule is Brc1ccccc1NCCC1CCCNC1. The molecule has 16 heavy (non-hydrogen) atoms. The number of rotatable bonds is 4. The molecule has 1 heterocycles. The number of hydrogen-bond acceptors (Lipinski definition) is 2. The van der Waals surface area contributed by atoms with Crippen LogP contribution in [0.15, 0.2) is 28.7 Å². The zero-order valence-electron chi connectivity index (χ0n) is 9.51. The first-order valence-corrected chi connectivity index (χ1v) is 6.84. The summed E-state index contributed by atoms with van der Waals surface area (Å²) in [5, 5.41) is 6.94. The molecule has 1 aliphatic rings. The fourth-order valence-corrected chi connectivity index (χ4v) is 2.61. The van der Waals surface area contributed by atoms with Gasteiger partial charge in [0, 0.05) is 16.7 Å². The van der Waals surface area contributed by atoms with Crippen LogP contribution in [0.3, 0.4) is 0 Å². The smallest absolute Gasteiger partial charge is 0.0484 e. The molecule has 1 fully saturated rings. The van der Waals surface area contributed by atoms with E-state index in [1.54, 1.807) is 0 Å². The van der Waals surface area contributed by atoms with Crippen molar-refractivity contribution in [2.45, 2.75) is 19.3 Å². The molecule has 0 spiro atoms. The lowest BCUT2D eigenvalue weighted by atomic mass is 9.96. The van der Waals surface area contributed by atoms with E-state index in [0.717, 1.165) is 16.9 Å². The molecule has 2 nitrogen and oxygen atoms in total. The molecular formula is C13H19BrN2. The molecule has 1 aromatic rings. The number of halogens is 1. The standard InChI is InChI=1S/C13H19BrN2/c14-12-5-1-2-6-13(12)16-9-7-11-4-3-8-15-10-11/h1-2,5-6,11,15-16H,3-4,7-10H2. The van der Waals surface area contributed by atoms with Crippen LogP contribution in [0.2, 0.25) is 0 Å². The number of benzene rings is 1. The van der Waals surface area contributed by atoms with Crippen LogP contribution in [-0.4, -0.2) is 19.6 Å². The van der Waals surface area contributed by atoms with Crippen molar-refractivity contribution in [2.24, 2.45) is 5.92 Å². The Hall–Kier alpha value is -0.540. The third-order valence-corrected chi connectivity index (χ3v) is 3.83. The van der Waals surface area contributed by atoms with E-state index in [1.165, 1.54) is 38.0 Å². The summed E-state index contributed by atoms with van der Waals surface area (Å²) in [6.07, 6.45) is 3.97. The number of hydrogen-bond donors (Lipinski definition) is 2. The lowest BCUT2D eigenvalue weighted by Gasteiger charge is -2.22. The molecule has 3 heteroatoms. The summed E-state index contributed by atoms with van der Waals surface area (Å²) in [6.45, 7) is 3.46. The van der Waals surface area contributed by atoms with Gasteiger partial charge in [0.05, 0.1) is 0 Å². The fraction of sp³-hybridized carbons (Fsp3) is 0.538. The minimum Gasteiger partial charge on any atom is -0.384 e.